The van der Waals surface area contributed by atoms with E-state index in [0.717, 1.165) is 22.1 Å². The summed E-state index contributed by atoms with van der Waals surface area (Å²) in [6.07, 6.45) is 0.801. The molecule has 3 nitrogen and oxygen atoms in total. The van der Waals surface area contributed by atoms with Gasteiger partial charge in [0.25, 0.3) is 5.56 Å². The number of pyridine rings is 1. The number of hydrogen-bond acceptors (Lipinski definition) is 2. The zero-order chi connectivity index (χ0) is 11.8. The van der Waals surface area contributed by atoms with Crippen LogP contribution >= 0.6 is 15.9 Å². The van der Waals surface area contributed by atoms with Gasteiger partial charge >= 0.3 is 0 Å². The van der Waals surface area contributed by atoms with Crippen LogP contribution in [0.4, 0.5) is 0 Å². The highest BCUT2D eigenvalue weighted by atomic mass is 79.9. The SMILES string of the molecule is O=c1cccc2n1-c1ccc(Br)cc1CCO2. The summed E-state index contributed by atoms with van der Waals surface area (Å²) >= 11 is 3.45. The predicted octanol–water partition coefficient (Wildman–Crippen LogP) is 2.53. The Labute approximate surface area is 107 Å². The maximum absolute atomic E-state index is 11.9. The minimum absolute atomic E-state index is 0.0621. The Balaban J connectivity index is 2.34. The standard InChI is InChI=1S/C13H10BrNO2/c14-10-4-5-11-9(8-10)6-7-17-13-3-1-2-12(16)15(11)13/h1-5,8H,6-7H2. The summed E-state index contributed by atoms with van der Waals surface area (Å²) in [4.78, 5) is 11.9. The first-order valence-electron chi connectivity index (χ1n) is 5.39. The van der Waals surface area contributed by atoms with Gasteiger partial charge in [-0.15, -0.1) is 0 Å². The summed E-state index contributed by atoms with van der Waals surface area (Å²) in [7, 11) is 0. The first-order valence-corrected chi connectivity index (χ1v) is 6.19. The second-order valence-electron chi connectivity index (χ2n) is 3.91. The van der Waals surface area contributed by atoms with Crippen LogP contribution in [-0.4, -0.2) is 11.2 Å². The van der Waals surface area contributed by atoms with Crippen LogP contribution in [-0.2, 0) is 6.42 Å². The van der Waals surface area contributed by atoms with Gasteiger partial charge in [-0.25, -0.2) is 4.57 Å². The van der Waals surface area contributed by atoms with Crippen molar-refractivity contribution < 1.29 is 4.74 Å². The van der Waals surface area contributed by atoms with Crippen molar-refractivity contribution in [2.75, 3.05) is 6.61 Å². The predicted molar refractivity (Wildman–Crippen MR) is 68.9 cm³/mol. The van der Waals surface area contributed by atoms with E-state index >= 15 is 0 Å². The smallest absolute Gasteiger partial charge is 0.257 e. The van der Waals surface area contributed by atoms with Crippen LogP contribution in [0.1, 0.15) is 5.56 Å². The average Bonchev–Trinajstić information content (AvgIpc) is 2.48. The second kappa shape index (κ2) is 4.04. The van der Waals surface area contributed by atoms with Gasteiger partial charge in [0.05, 0.1) is 12.3 Å². The number of fused-ring (bicyclic) bond motifs is 3. The van der Waals surface area contributed by atoms with Crippen LogP contribution in [0, 0.1) is 0 Å². The van der Waals surface area contributed by atoms with Crippen LogP contribution < -0.4 is 10.3 Å². The molecule has 3 rings (SSSR count). The van der Waals surface area contributed by atoms with Gasteiger partial charge in [-0.05, 0) is 29.8 Å². The monoisotopic (exact) mass is 291 g/mol. The quantitative estimate of drug-likeness (QED) is 0.747. The summed E-state index contributed by atoms with van der Waals surface area (Å²) in [6.45, 7) is 0.590. The lowest BCUT2D eigenvalue weighted by Gasteiger charge is -2.10. The van der Waals surface area contributed by atoms with Crippen LogP contribution in [0.15, 0.2) is 45.7 Å². The molecule has 1 aliphatic rings. The Morgan fingerprint density at radius 2 is 2.12 bits per heavy atom. The molecular formula is C13H10BrNO2. The van der Waals surface area contributed by atoms with Gasteiger partial charge in [0, 0.05) is 17.0 Å². The van der Waals surface area contributed by atoms with Gasteiger partial charge in [-0.3, -0.25) is 4.79 Å². The van der Waals surface area contributed by atoms with Gasteiger partial charge < -0.3 is 4.74 Å². The normalized spacial score (nSPS) is 13.2. The molecule has 0 amide bonds. The summed E-state index contributed by atoms with van der Waals surface area (Å²) < 4.78 is 8.24. The number of aromatic nitrogens is 1. The fourth-order valence-electron chi connectivity index (χ4n) is 2.06. The van der Waals surface area contributed by atoms with E-state index in [1.807, 2.05) is 24.3 Å². The van der Waals surface area contributed by atoms with E-state index in [9.17, 15) is 4.79 Å². The number of ether oxygens (including phenoxy) is 1. The lowest BCUT2D eigenvalue weighted by Crippen LogP contribution is -2.18. The van der Waals surface area contributed by atoms with Gasteiger partial charge in [0.1, 0.15) is 0 Å². The lowest BCUT2D eigenvalue weighted by molar-refractivity contribution is 0.308. The van der Waals surface area contributed by atoms with Crippen molar-refractivity contribution in [1.29, 1.82) is 0 Å². The highest BCUT2D eigenvalue weighted by molar-refractivity contribution is 9.10. The molecule has 0 saturated carbocycles. The molecule has 0 N–H and O–H groups in total. The molecule has 0 saturated heterocycles. The maximum Gasteiger partial charge on any atom is 0.257 e. The molecule has 0 unspecified atom stereocenters. The second-order valence-corrected chi connectivity index (χ2v) is 4.82. The highest BCUT2D eigenvalue weighted by Gasteiger charge is 2.15. The summed E-state index contributed by atoms with van der Waals surface area (Å²) in [5, 5.41) is 0. The minimum atomic E-state index is -0.0621. The molecule has 0 radical (unpaired) electrons. The first kappa shape index (κ1) is 10.6. The molecule has 0 bridgehead atoms. The van der Waals surface area contributed by atoms with Gasteiger partial charge in [0.2, 0.25) is 5.88 Å². The molecule has 2 aromatic rings. The third kappa shape index (κ3) is 1.78. The van der Waals surface area contributed by atoms with Crippen LogP contribution in [0.2, 0.25) is 0 Å². The van der Waals surface area contributed by atoms with Crippen LogP contribution in [0.5, 0.6) is 5.88 Å². The van der Waals surface area contributed by atoms with E-state index in [-0.39, 0.29) is 5.56 Å². The number of rotatable bonds is 0. The minimum Gasteiger partial charge on any atom is -0.478 e. The van der Waals surface area contributed by atoms with Crippen molar-refractivity contribution in [3.05, 3.63) is 56.8 Å². The van der Waals surface area contributed by atoms with Gasteiger partial charge in [-0.2, -0.15) is 0 Å². The molecule has 0 fully saturated rings. The Morgan fingerprint density at radius 1 is 1.24 bits per heavy atom. The van der Waals surface area contributed by atoms with E-state index in [0.29, 0.717) is 12.5 Å². The molecule has 2 heterocycles. The van der Waals surface area contributed by atoms with Gasteiger partial charge in [-0.1, -0.05) is 22.0 Å². The number of nitrogens with zero attached hydrogens (tertiary/aromatic N) is 1. The van der Waals surface area contributed by atoms with E-state index in [2.05, 4.69) is 15.9 Å². The molecule has 17 heavy (non-hydrogen) atoms. The van der Waals surface area contributed by atoms with Crippen molar-refractivity contribution >= 4 is 15.9 Å². The third-order valence-electron chi connectivity index (χ3n) is 2.82. The van der Waals surface area contributed by atoms with E-state index < -0.39 is 0 Å². The van der Waals surface area contributed by atoms with Crippen molar-refractivity contribution in [2.24, 2.45) is 0 Å². The van der Waals surface area contributed by atoms with Crippen molar-refractivity contribution in [2.45, 2.75) is 6.42 Å². The Kier molecular flexibility index (Phi) is 2.52. The van der Waals surface area contributed by atoms with Crippen molar-refractivity contribution in [3.8, 4) is 11.6 Å². The Morgan fingerprint density at radius 3 is 3.00 bits per heavy atom. The molecule has 86 valence electrons. The average molecular weight is 292 g/mol. The van der Waals surface area contributed by atoms with Crippen molar-refractivity contribution in [1.82, 2.24) is 4.57 Å². The zero-order valence-corrected chi connectivity index (χ0v) is 10.6. The van der Waals surface area contributed by atoms with Crippen LogP contribution in [0.25, 0.3) is 5.69 Å². The number of halogens is 1. The highest BCUT2D eigenvalue weighted by Crippen LogP contribution is 2.25. The third-order valence-corrected chi connectivity index (χ3v) is 3.32. The van der Waals surface area contributed by atoms with Crippen molar-refractivity contribution in [3.63, 3.8) is 0 Å². The lowest BCUT2D eigenvalue weighted by atomic mass is 10.1. The molecule has 1 aliphatic heterocycles. The first-order chi connectivity index (χ1) is 8.25. The molecule has 1 aromatic heterocycles. The molecule has 1 aromatic carbocycles. The largest absolute Gasteiger partial charge is 0.478 e. The number of hydrogen-bond donors (Lipinski definition) is 0. The molecule has 4 heteroatoms. The summed E-state index contributed by atoms with van der Waals surface area (Å²) in [6, 6.07) is 11.0. The summed E-state index contributed by atoms with van der Waals surface area (Å²) in [5.74, 6) is 0.610. The fraction of sp³-hybridized carbons (Fsp3) is 0.154. The molecule has 0 spiro atoms. The topological polar surface area (TPSA) is 31.2 Å². The van der Waals surface area contributed by atoms with E-state index in [4.69, 9.17) is 4.74 Å². The maximum atomic E-state index is 11.9. The zero-order valence-electron chi connectivity index (χ0n) is 9.02. The van der Waals surface area contributed by atoms with Gasteiger partial charge in [0.15, 0.2) is 0 Å². The van der Waals surface area contributed by atoms with E-state index in [1.165, 1.54) is 0 Å². The Hall–Kier alpha value is -1.55. The Bertz CT molecular complexity index is 634. The molecule has 0 atom stereocenters. The fourth-order valence-corrected chi connectivity index (χ4v) is 2.47. The number of benzene rings is 1. The molecule has 0 aliphatic carbocycles. The van der Waals surface area contributed by atoms with Crippen LogP contribution in [0.3, 0.4) is 0 Å². The van der Waals surface area contributed by atoms with E-state index in [1.54, 1.807) is 16.7 Å². The summed E-state index contributed by atoms with van der Waals surface area (Å²) in [5.41, 5.74) is 1.96. The molecular weight excluding hydrogens is 282 g/mol.